The third-order valence-corrected chi connectivity index (χ3v) is 4.24. The number of methoxy groups -OCH3 is 1. The van der Waals surface area contributed by atoms with E-state index >= 15 is 0 Å². The number of benzene rings is 1. The van der Waals surface area contributed by atoms with Gasteiger partial charge in [-0.2, -0.15) is 9.90 Å². The van der Waals surface area contributed by atoms with Crippen LogP contribution in [0.15, 0.2) is 48.7 Å². The largest absolute Gasteiger partial charge is 0.480 e. The van der Waals surface area contributed by atoms with Gasteiger partial charge >= 0.3 is 0 Å². The second-order valence-corrected chi connectivity index (χ2v) is 6.05. The van der Waals surface area contributed by atoms with Crippen molar-refractivity contribution in [2.24, 2.45) is 0 Å². The topological polar surface area (TPSA) is 95.3 Å². The molecule has 1 saturated heterocycles. The van der Waals surface area contributed by atoms with Gasteiger partial charge in [0.05, 0.1) is 25.5 Å². The van der Waals surface area contributed by atoms with Crippen LogP contribution in [0.1, 0.15) is 16.9 Å². The molecular weight excluding hydrogens is 348 g/mol. The lowest BCUT2D eigenvalue weighted by Crippen LogP contribution is -2.31. The van der Waals surface area contributed by atoms with Crippen LogP contribution in [0.5, 0.6) is 11.8 Å². The monoisotopic (exact) mass is 366 g/mol. The van der Waals surface area contributed by atoms with Gasteiger partial charge in [0.25, 0.3) is 5.91 Å². The Hall–Kier alpha value is -3.49. The van der Waals surface area contributed by atoms with Crippen molar-refractivity contribution in [3.8, 4) is 17.4 Å². The molecule has 2 aromatic heterocycles. The lowest BCUT2D eigenvalue weighted by atomic mass is 10.3. The molecule has 3 aromatic rings. The molecule has 1 aliphatic heterocycles. The van der Waals surface area contributed by atoms with Gasteiger partial charge in [0.2, 0.25) is 11.8 Å². The summed E-state index contributed by atoms with van der Waals surface area (Å²) in [5.41, 5.74) is 1.11. The Morgan fingerprint density at radius 1 is 1.11 bits per heavy atom. The van der Waals surface area contributed by atoms with Crippen molar-refractivity contribution < 1.29 is 14.3 Å². The fraction of sp³-hybridized carbons (Fsp3) is 0.278. The fourth-order valence-corrected chi connectivity index (χ4v) is 2.87. The first-order valence-corrected chi connectivity index (χ1v) is 8.54. The number of carbonyl (C=O) groups is 1. The Bertz CT molecular complexity index is 912. The molecule has 0 bridgehead atoms. The van der Waals surface area contributed by atoms with Gasteiger partial charge in [0, 0.05) is 25.1 Å². The van der Waals surface area contributed by atoms with Crippen LogP contribution in [-0.2, 0) is 0 Å². The maximum atomic E-state index is 12.7. The van der Waals surface area contributed by atoms with E-state index in [2.05, 4.69) is 20.4 Å². The predicted molar refractivity (Wildman–Crippen MR) is 94.9 cm³/mol. The van der Waals surface area contributed by atoms with E-state index in [0.29, 0.717) is 37.0 Å². The molecule has 0 aliphatic carbocycles. The van der Waals surface area contributed by atoms with Gasteiger partial charge in [-0.25, -0.2) is 0 Å². The summed E-state index contributed by atoms with van der Waals surface area (Å²) < 4.78 is 10.8. The zero-order chi connectivity index (χ0) is 18.6. The Morgan fingerprint density at radius 3 is 2.63 bits per heavy atom. The van der Waals surface area contributed by atoms with E-state index in [-0.39, 0.29) is 12.0 Å². The lowest BCUT2D eigenvalue weighted by Gasteiger charge is -2.15. The molecule has 3 heterocycles. The van der Waals surface area contributed by atoms with E-state index in [1.165, 1.54) is 18.1 Å². The molecule has 27 heavy (non-hydrogen) atoms. The highest BCUT2D eigenvalue weighted by Gasteiger charge is 2.30. The van der Waals surface area contributed by atoms with Crippen LogP contribution in [0.2, 0.25) is 0 Å². The molecule has 1 aliphatic rings. The van der Waals surface area contributed by atoms with Gasteiger partial charge < -0.3 is 14.4 Å². The van der Waals surface area contributed by atoms with Crippen LogP contribution in [0.25, 0.3) is 5.69 Å². The van der Waals surface area contributed by atoms with Gasteiger partial charge in [-0.05, 0) is 12.1 Å². The summed E-state index contributed by atoms with van der Waals surface area (Å²) in [5.74, 6) is 0.668. The Labute approximate surface area is 155 Å². The first kappa shape index (κ1) is 17.0. The minimum Gasteiger partial charge on any atom is -0.480 e. The van der Waals surface area contributed by atoms with Crippen molar-refractivity contribution in [3.05, 3.63) is 54.4 Å². The first-order valence-electron chi connectivity index (χ1n) is 8.54. The second-order valence-electron chi connectivity index (χ2n) is 6.05. The molecule has 138 valence electrons. The molecule has 1 fully saturated rings. The number of likely N-dealkylation sites (tertiary alicyclic amines) is 1. The molecular formula is C18H18N6O3. The number of aromatic nitrogens is 5. The molecule has 1 amide bonds. The van der Waals surface area contributed by atoms with E-state index in [1.54, 1.807) is 17.0 Å². The van der Waals surface area contributed by atoms with Gasteiger partial charge in [0.1, 0.15) is 6.10 Å². The summed E-state index contributed by atoms with van der Waals surface area (Å²) in [6.45, 7) is 1.05. The van der Waals surface area contributed by atoms with Crippen LogP contribution in [0, 0.1) is 0 Å². The number of rotatable bonds is 5. The van der Waals surface area contributed by atoms with Crippen LogP contribution in [0.3, 0.4) is 0 Å². The SMILES string of the molecule is COc1ccc(OC2CCN(C(=O)c3cnn(-c4ccccc4)n3)C2)nn1. The van der Waals surface area contributed by atoms with Gasteiger partial charge in [0.15, 0.2) is 5.69 Å². The van der Waals surface area contributed by atoms with Crippen molar-refractivity contribution in [2.45, 2.75) is 12.5 Å². The first-order chi connectivity index (χ1) is 13.2. The average Bonchev–Trinajstić information content (AvgIpc) is 3.39. The maximum Gasteiger partial charge on any atom is 0.276 e. The van der Waals surface area contributed by atoms with Crippen LogP contribution in [-0.4, -0.2) is 62.3 Å². The third-order valence-electron chi connectivity index (χ3n) is 4.24. The van der Waals surface area contributed by atoms with Crippen LogP contribution in [0.4, 0.5) is 0 Å². The van der Waals surface area contributed by atoms with E-state index in [9.17, 15) is 4.79 Å². The Kier molecular flexibility index (Phi) is 4.65. The molecule has 0 saturated carbocycles. The number of para-hydroxylation sites is 1. The van der Waals surface area contributed by atoms with Crippen molar-refractivity contribution in [2.75, 3.05) is 20.2 Å². The summed E-state index contributed by atoms with van der Waals surface area (Å²) in [4.78, 5) is 15.8. The minimum atomic E-state index is -0.163. The normalized spacial score (nSPS) is 16.3. The summed E-state index contributed by atoms with van der Waals surface area (Å²) in [6.07, 6.45) is 2.06. The number of hydrogen-bond donors (Lipinski definition) is 0. The summed E-state index contributed by atoms with van der Waals surface area (Å²) in [6, 6.07) is 12.8. The number of carbonyl (C=O) groups excluding carboxylic acids is 1. The molecule has 4 rings (SSSR count). The summed E-state index contributed by atoms with van der Waals surface area (Å²) >= 11 is 0. The quantitative estimate of drug-likeness (QED) is 0.673. The van der Waals surface area contributed by atoms with Crippen LogP contribution < -0.4 is 9.47 Å². The highest BCUT2D eigenvalue weighted by molar-refractivity contribution is 5.92. The molecule has 1 atom stereocenters. The van der Waals surface area contributed by atoms with E-state index in [4.69, 9.17) is 9.47 Å². The zero-order valence-corrected chi connectivity index (χ0v) is 14.7. The summed E-state index contributed by atoms with van der Waals surface area (Å²) in [7, 11) is 1.53. The molecule has 1 aromatic carbocycles. The van der Waals surface area contributed by atoms with Crippen molar-refractivity contribution in [1.29, 1.82) is 0 Å². The van der Waals surface area contributed by atoms with E-state index < -0.39 is 0 Å². The number of hydrogen-bond acceptors (Lipinski definition) is 7. The minimum absolute atomic E-state index is 0.138. The smallest absolute Gasteiger partial charge is 0.276 e. The van der Waals surface area contributed by atoms with E-state index in [1.807, 2.05) is 30.3 Å². The standard InChI is InChI=1S/C18H18N6O3/c1-26-16-7-8-17(21-20-16)27-14-9-10-23(12-14)18(25)15-11-19-24(22-15)13-5-3-2-4-6-13/h2-8,11,14H,9-10,12H2,1H3. The maximum absolute atomic E-state index is 12.7. The van der Waals surface area contributed by atoms with Crippen LogP contribution >= 0.6 is 0 Å². The molecule has 0 radical (unpaired) electrons. The second kappa shape index (κ2) is 7.40. The predicted octanol–water partition coefficient (Wildman–Crippen LogP) is 1.36. The number of nitrogens with zero attached hydrogens (tertiary/aromatic N) is 6. The summed E-state index contributed by atoms with van der Waals surface area (Å²) in [5, 5.41) is 16.3. The molecule has 1 unspecified atom stereocenters. The van der Waals surface area contributed by atoms with Crippen molar-refractivity contribution in [1.82, 2.24) is 30.1 Å². The van der Waals surface area contributed by atoms with Crippen molar-refractivity contribution in [3.63, 3.8) is 0 Å². The highest BCUT2D eigenvalue weighted by atomic mass is 16.5. The Morgan fingerprint density at radius 2 is 1.89 bits per heavy atom. The average molecular weight is 366 g/mol. The Balaban J connectivity index is 1.38. The van der Waals surface area contributed by atoms with Gasteiger partial charge in [-0.1, -0.05) is 18.2 Å². The molecule has 9 heteroatoms. The lowest BCUT2D eigenvalue weighted by molar-refractivity contribution is 0.0764. The van der Waals surface area contributed by atoms with Gasteiger partial charge in [-0.3, -0.25) is 4.79 Å². The third kappa shape index (κ3) is 3.71. The zero-order valence-electron chi connectivity index (χ0n) is 14.7. The molecule has 9 nitrogen and oxygen atoms in total. The van der Waals surface area contributed by atoms with Crippen molar-refractivity contribution >= 4 is 5.91 Å². The van der Waals surface area contributed by atoms with E-state index in [0.717, 1.165) is 5.69 Å². The highest BCUT2D eigenvalue weighted by Crippen LogP contribution is 2.19. The molecule has 0 N–H and O–H groups in total. The number of amides is 1. The number of ether oxygens (including phenoxy) is 2. The fourth-order valence-electron chi connectivity index (χ4n) is 2.87. The van der Waals surface area contributed by atoms with Gasteiger partial charge in [-0.15, -0.1) is 15.3 Å². The molecule has 0 spiro atoms.